The highest BCUT2D eigenvalue weighted by Gasteiger charge is 2.29. The lowest BCUT2D eigenvalue weighted by molar-refractivity contribution is 0.275. The van der Waals surface area contributed by atoms with Gasteiger partial charge in [-0.05, 0) is 50.6 Å². The second-order valence-electron chi connectivity index (χ2n) is 6.24. The summed E-state index contributed by atoms with van der Waals surface area (Å²) in [6, 6.07) is 0.798. The number of likely N-dealkylation sites (tertiary alicyclic amines) is 1. The van der Waals surface area contributed by atoms with E-state index in [-0.39, 0.29) is 0 Å². The fourth-order valence-corrected chi connectivity index (χ4v) is 3.05. The molecule has 0 spiro atoms. The zero-order valence-corrected chi connectivity index (χ0v) is 10.6. The molecule has 0 amide bonds. The van der Waals surface area contributed by atoms with Gasteiger partial charge >= 0.3 is 0 Å². The molecule has 2 aliphatic rings. The van der Waals surface area contributed by atoms with Crippen LogP contribution in [0.3, 0.4) is 0 Å². The maximum atomic E-state index is 2.71. The SMILES string of the molecule is CC(C)(C)/C=C1\CCCC1N1CCCC1. The first-order chi connectivity index (χ1) is 7.06. The number of hydrogen-bond acceptors (Lipinski definition) is 1. The van der Waals surface area contributed by atoms with Crippen molar-refractivity contribution in [2.24, 2.45) is 5.41 Å². The summed E-state index contributed by atoms with van der Waals surface area (Å²) in [6.07, 6.45) is 9.52. The van der Waals surface area contributed by atoms with Gasteiger partial charge in [-0.1, -0.05) is 32.4 Å². The van der Waals surface area contributed by atoms with Crippen LogP contribution in [0.25, 0.3) is 0 Å². The third-order valence-electron chi connectivity index (χ3n) is 3.57. The van der Waals surface area contributed by atoms with E-state index in [0.29, 0.717) is 5.41 Å². The molecule has 0 radical (unpaired) electrons. The molecule has 15 heavy (non-hydrogen) atoms. The third-order valence-corrected chi connectivity index (χ3v) is 3.57. The summed E-state index contributed by atoms with van der Waals surface area (Å²) >= 11 is 0. The van der Waals surface area contributed by atoms with E-state index in [9.17, 15) is 0 Å². The molecule has 1 nitrogen and oxygen atoms in total. The van der Waals surface area contributed by atoms with Gasteiger partial charge in [0.05, 0.1) is 0 Å². The molecule has 0 aromatic heterocycles. The lowest BCUT2D eigenvalue weighted by Gasteiger charge is -2.26. The predicted octanol–water partition coefficient (Wildman–Crippen LogP) is 3.61. The highest BCUT2D eigenvalue weighted by atomic mass is 15.2. The van der Waals surface area contributed by atoms with Gasteiger partial charge in [-0.3, -0.25) is 4.90 Å². The Morgan fingerprint density at radius 2 is 1.80 bits per heavy atom. The highest BCUT2D eigenvalue weighted by Crippen LogP contribution is 2.34. The maximum Gasteiger partial charge on any atom is 0.0307 e. The second kappa shape index (κ2) is 4.29. The van der Waals surface area contributed by atoms with Crippen LogP contribution < -0.4 is 0 Å². The number of hydrogen-bond donors (Lipinski definition) is 0. The fourth-order valence-electron chi connectivity index (χ4n) is 3.05. The van der Waals surface area contributed by atoms with Gasteiger partial charge in [0.2, 0.25) is 0 Å². The Balaban J connectivity index is 2.07. The molecule has 1 aliphatic heterocycles. The zero-order chi connectivity index (χ0) is 10.9. The monoisotopic (exact) mass is 207 g/mol. The highest BCUT2D eigenvalue weighted by molar-refractivity contribution is 5.18. The summed E-state index contributed by atoms with van der Waals surface area (Å²) < 4.78 is 0. The van der Waals surface area contributed by atoms with Crippen molar-refractivity contribution < 1.29 is 0 Å². The Bertz CT molecular complexity index is 241. The molecule has 86 valence electrons. The first-order valence-corrected chi connectivity index (χ1v) is 6.52. The molecule has 2 rings (SSSR count). The molecule has 1 aliphatic carbocycles. The van der Waals surface area contributed by atoms with Crippen LogP contribution in [0.15, 0.2) is 11.6 Å². The van der Waals surface area contributed by atoms with Crippen LogP contribution in [0, 0.1) is 5.41 Å². The minimum absolute atomic E-state index is 0.359. The van der Waals surface area contributed by atoms with Crippen LogP contribution in [0.2, 0.25) is 0 Å². The Labute approximate surface area is 94.5 Å². The van der Waals surface area contributed by atoms with Gasteiger partial charge in [0, 0.05) is 6.04 Å². The van der Waals surface area contributed by atoms with Gasteiger partial charge < -0.3 is 0 Å². The number of rotatable bonds is 1. The minimum Gasteiger partial charge on any atom is -0.297 e. The van der Waals surface area contributed by atoms with Gasteiger partial charge in [0.15, 0.2) is 0 Å². The molecule has 1 heterocycles. The first-order valence-electron chi connectivity index (χ1n) is 6.52. The van der Waals surface area contributed by atoms with E-state index >= 15 is 0 Å². The quantitative estimate of drug-likeness (QED) is 0.594. The van der Waals surface area contributed by atoms with Crippen molar-refractivity contribution in [3.8, 4) is 0 Å². The first kappa shape index (κ1) is 11.2. The second-order valence-corrected chi connectivity index (χ2v) is 6.24. The Morgan fingerprint density at radius 1 is 1.13 bits per heavy atom. The molecule has 0 aromatic rings. The Kier molecular flexibility index (Phi) is 3.20. The van der Waals surface area contributed by atoms with Crippen LogP contribution in [-0.2, 0) is 0 Å². The molecular weight excluding hydrogens is 182 g/mol. The Morgan fingerprint density at radius 3 is 2.40 bits per heavy atom. The fraction of sp³-hybridized carbons (Fsp3) is 0.857. The van der Waals surface area contributed by atoms with E-state index in [0.717, 1.165) is 6.04 Å². The third kappa shape index (κ3) is 2.84. The van der Waals surface area contributed by atoms with Crippen LogP contribution in [0.5, 0.6) is 0 Å². The van der Waals surface area contributed by atoms with Gasteiger partial charge in [-0.15, -0.1) is 0 Å². The van der Waals surface area contributed by atoms with E-state index in [1.165, 1.54) is 45.2 Å². The van der Waals surface area contributed by atoms with Gasteiger partial charge in [-0.2, -0.15) is 0 Å². The lowest BCUT2D eigenvalue weighted by atomic mass is 9.91. The van der Waals surface area contributed by atoms with Gasteiger partial charge in [0.25, 0.3) is 0 Å². The van der Waals surface area contributed by atoms with E-state index in [2.05, 4.69) is 31.7 Å². The van der Waals surface area contributed by atoms with E-state index in [1.54, 1.807) is 5.57 Å². The summed E-state index contributed by atoms with van der Waals surface area (Å²) in [7, 11) is 0. The molecule has 1 unspecified atom stereocenters. The molecule has 1 heteroatoms. The van der Waals surface area contributed by atoms with Crippen molar-refractivity contribution in [2.45, 2.75) is 58.9 Å². The van der Waals surface area contributed by atoms with E-state index in [4.69, 9.17) is 0 Å². The average molecular weight is 207 g/mol. The van der Waals surface area contributed by atoms with Crippen molar-refractivity contribution in [2.75, 3.05) is 13.1 Å². The van der Waals surface area contributed by atoms with Crippen LogP contribution in [0.1, 0.15) is 52.9 Å². The summed E-state index contributed by atoms with van der Waals surface area (Å²) in [5.41, 5.74) is 2.09. The predicted molar refractivity (Wildman–Crippen MR) is 66.0 cm³/mol. The number of allylic oxidation sites excluding steroid dienone is 1. The average Bonchev–Trinajstić information content (AvgIpc) is 2.68. The van der Waals surface area contributed by atoms with Crippen molar-refractivity contribution in [1.82, 2.24) is 4.90 Å². The topological polar surface area (TPSA) is 3.24 Å². The summed E-state index contributed by atoms with van der Waals surface area (Å²) in [4.78, 5) is 2.71. The van der Waals surface area contributed by atoms with Crippen LogP contribution >= 0.6 is 0 Å². The van der Waals surface area contributed by atoms with Gasteiger partial charge in [-0.25, -0.2) is 0 Å². The summed E-state index contributed by atoms with van der Waals surface area (Å²) in [6.45, 7) is 9.64. The maximum absolute atomic E-state index is 2.71. The summed E-state index contributed by atoms with van der Waals surface area (Å²) in [5.74, 6) is 0. The normalized spacial score (nSPS) is 31.7. The smallest absolute Gasteiger partial charge is 0.0307 e. The lowest BCUT2D eigenvalue weighted by Crippen LogP contribution is -2.31. The number of nitrogens with zero attached hydrogens (tertiary/aromatic N) is 1. The van der Waals surface area contributed by atoms with E-state index < -0.39 is 0 Å². The van der Waals surface area contributed by atoms with Crippen molar-refractivity contribution in [3.05, 3.63) is 11.6 Å². The zero-order valence-electron chi connectivity index (χ0n) is 10.6. The molecule has 2 fully saturated rings. The minimum atomic E-state index is 0.359. The van der Waals surface area contributed by atoms with Crippen molar-refractivity contribution in [3.63, 3.8) is 0 Å². The summed E-state index contributed by atoms with van der Waals surface area (Å²) in [5, 5.41) is 0. The van der Waals surface area contributed by atoms with Crippen molar-refractivity contribution in [1.29, 1.82) is 0 Å². The molecule has 0 N–H and O–H groups in total. The van der Waals surface area contributed by atoms with E-state index in [1.807, 2.05) is 0 Å². The molecule has 0 bridgehead atoms. The molecular formula is C14H25N. The van der Waals surface area contributed by atoms with Crippen LogP contribution in [0.4, 0.5) is 0 Å². The molecule has 0 aromatic carbocycles. The Hall–Kier alpha value is -0.300. The molecule has 1 saturated heterocycles. The molecule has 1 atom stereocenters. The van der Waals surface area contributed by atoms with Gasteiger partial charge in [0.1, 0.15) is 0 Å². The van der Waals surface area contributed by atoms with Crippen LogP contribution in [-0.4, -0.2) is 24.0 Å². The molecule has 1 saturated carbocycles. The standard InChI is InChI=1S/C14H25N/c1-14(2,3)11-12-7-6-8-13(12)15-9-4-5-10-15/h11,13H,4-10H2,1-3H3/b12-11+. The largest absolute Gasteiger partial charge is 0.297 e. The van der Waals surface area contributed by atoms with Crippen molar-refractivity contribution >= 4 is 0 Å².